The van der Waals surface area contributed by atoms with Crippen LogP contribution in [-0.2, 0) is 0 Å². The number of nitrogens with zero attached hydrogens (tertiary/aromatic N) is 4. The molecule has 3 aromatic rings. The molecule has 0 aliphatic heterocycles. The number of non-ortho nitro benzene ring substituents is 1. The Morgan fingerprint density at radius 3 is 2.59 bits per heavy atom. The van der Waals surface area contributed by atoms with Gasteiger partial charge in [0.1, 0.15) is 11.6 Å². The summed E-state index contributed by atoms with van der Waals surface area (Å²) in [5.41, 5.74) is 0.571. The van der Waals surface area contributed by atoms with Crippen LogP contribution in [0.2, 0.25) is 0 Å². The van der Waals surface area contributed by atoms with Crippen molar-refractivity contribution in [3.63, 3.8) is 0 Å². The lowest BCUT2D eigenvalue weighted by Crippen LogP contribution is -2.34. The molecule has 4 rings (SSSR count). The van der Waals surface area contributed by atoms with Crippen LogP contribution < -0.4 is 15.5 Å². The molecule has 1 aromatic heterocycles. The smallest absolute Gasteiger partial charge is 0.270 e. The largest absolute Gasteiger partial charge is 0.507 e. The first kappa shape index (κ1) is 23.2. The highest BCUT2D eigenvalue weighted by Crippen LogP contribution is 2.29. The van der Waals surface area contributed by atoms with Crippen LogP contribution in [0.1, 0.15) is 36.0 Å². The summed E-state index contributed by atoms with van der Waals surface area (Å²) in [6, 6.07) is 11.6. The molecular formula is C24H28N6O4. The van der Waals surface area contributed by atoms with Crippen molar-refractivity contribution in [3.8, 4) is 5.75 Å². The number of phenols is 1. The number of rotatable bonds is 7. The molecule has 1 saturated carbocycles. The zero-order chi connectivity index (χ0) is 24.2. The Morgan fingerprint density at radius 2 is 1.88 bits per heavy atom. The summed E-state index contributed by atoms with van der Waals surface area (Å²) in [6.07, 6.45) is 3.64. The number of hydrogen-bond acceptors (Lipinski definition) is 8. The average molecular weight is 465 g/mol. The minimum Gasteiger partial charge on any atom is -0.507 e. The fraction of sp³-hybridized carbons (Fsp3) is 0.375. The molecule has 1 aliphatic rings. The van der Waals surface area contributed by atoms with E-state index in [4.69, 9.17) is 4.98 Å². The third kappa shape index (κ3) is 5.16. The number of carbonyl (C=O) groups is 1. The van der Waals surface area contributed by atoms with Gasteiger partial charge >= 0.3 is 0 Å². The summed E-state index contributed by atoms with van der Waals surface area (Å²) in [5, 5.41) is 28.1. The highest BCUT2D eigenvalue weighted by atomic mass is 16.6. The third-order valence-corrected chi connectivity index (χ3v) is 6.17. The number of aromatic nitrogens is 2. The maximum absolute atomic E-state index is 12.5. The van der Waals surface area contributed by atoms with Gasteiger partial charge in [0.15, 0.2) is 0 Å². The lowest BCUT2D eigenvalue weighted by atomic mass is 9.86. The molecule has 1 heterocycles. The van der Waals surface area contributed by atoms with E-state index in [1.807, 2.05) is 43.3 Å². The van der Waals surface area contributed by atoms with E-state index in [1.165, 1.54) is 12.1 Å². The first-order valence-electron chi connectivity index (χ1n) is 11.3. The van der Waals surface area contributed by atoms with E-state index >= 15 is 0 Å². The molecule has 0 unspecified atom stereocenters. The van der Waals surface area contributed by atoms with Crippen molar-refractivity contribution < 1.29 is 14.8 Å². The van der Waals surface area contributed by atoms with Crippen molar-refractivity contribution in [2.75, 3.05) is 30.9 Å². The minimum atomic E-state index is -0.592. The van der Waals surface area contributed by atoms with Gasteiger partial charge in [-0.2, -0.15) is 4.98 Å². The molecule has 10 nitrogen and oxygen atoms in total. The van der Waals surface area contributed by atoms with Gasteiger partial charge in [-0.15, -0.1) is 0 Å². The van der Waals surface area contributed by atoms with Gasteiger partial charge in [0, 0.05) is 44.2 Å². The second-order valence-electron chi connectivity index (χ2n) is 8.81. The molecule has 0 spiro atoms. The average Bonchev–Trinajstić information content (AvgIpc) is 2.83. The minimum absolute atomic E-state index is 0.0882. The SMILES string of the molecule is CN(C)c1nc(N[C@H]2CC[C@@H](CNC(=O)c3cc([N+](=O)[O-])ccc3O)CC2)nc2ccccc12. The molecule has 1 fully saturated rings. The standard InChI is InChI=1S/C24H28N6O4/c1-29(2)22-18-5-3-4-6-20(18)27-24(28-22)26-16-9-7-15(8-10-16)14-25-23(32)19-13-17(30(33)34)11-12-21(19)31/h3-6,11-13,15-16,31H,7-10,14H2,1-2H3,(H,25,32)(H,26,27,28)/t15-,16+. The quantitative estimate of drug-likeness (QED) is 0.356. The number of carbonyl (C=O) groups excluding carboxylic acids is 1. The Bertz CT molecular complexity index is 1210. The summed E-state index contributed by atoms with van der Waals surface area (Å²) in [4.78, 5) is 34.2. The summed E-state index contributed by atoms with van der Waals surface area (Å²) < 4.78 is 0. The number of nitro benzene ring substituents is 1. The molecule has 0 radical (unpaired) electrons. The van der Waals surface area contributed by atoms with Gasteiger partial charge in [0.2, 0.25) is 5.95 Å². The number of hydrogen-bond donors (Lipinski definition) is 3. The second-order valence-corrected chi connectivity index (χ2v) is 8.81. The van der Waals surface area contributed by atoms with E-state index in [0.717, 1.165) is 48.5 Å². The topological polar surface area (TPSA) is 134 Å². The van der Waals surface area contributed by atoms with Gasteiger partial charge in [0.25, 0.3) is 11.6 Å². The lowest BCUT2D eigenvalue weighted by molar-refractivity contribution is -0.384. The summed E-state index contributed by atoms with van der Waals surface area (Å²) >= 11 is 0. The number of para-hydroxylation sites is 1. The van der Waals surface area contributed by atoms with Gasteiger partial charge in [-0.3, -0.25) is 14.9 Å². The maximum Gasteiger partial charge on any atom is 0.270 e. The van der Waals surface area contributed by atoms with Gasteiger partial charge < -0.3 is 20.6 Å². The summed E-state index contributed by atoms with van der Waals surface area (Å²) in [5.74, 6) is 0.984. The van der Waals surface area contributed by atoms with E-state index in [2.05, 4.69) is 15.6 Å². The summed E-state index contributed by atoms with van der Waals surface area (Å²) in [6.45, 7) is 0.449. The van der Waals surface area contributed by atoms with Crippen molar-refractivity contribution in [1.82, 2.24) is 15.3 Å². The molecule has 1 aliphatic carbocycles. The summed E-state index contributed by atoms with van der Waals surface area (Å²) in [7, 11) is 3.93. The number of fused-ring (bicyclic) bond motifs is 1. The van der Waals surface area contributed by atoms with Gasteiger partial charge in [-0.1, -0.05) is 12.1 Å². The van der Waals surface area contributed by atoms with Crippen molar-refractivity contribution in [1.29, 1.82) is 0 Å². The highest BCUT2D eigenvalue weighted by Gasteiger charge is 2.24. The van der Waals surface area contributed by atoms with Crippen LogP contribution in [-0.4, -0.2) is 52.6 Å². The van der Waals surface area contributed by atoms with Gasteiger partial charge in [-0.25, -0.2) is 4.98 Å². The van der Waals surface area contributed by atoms with Crippen LogP contribution in [0.25, 0.3) is 10.9 Å². The fourth-order valence-electron chi connectivity index (χ4n) is 4.31. The Morgan fingerprint density at radius 1 is 1.15 bits per heavy atom. The molecule has 0 atom stereocenters. The van der Waals surface area contributed by atoms with E-state index in [0.29, 0.717) is 12.5 Å². The van der Waals surface area contributed by atoms with Crippen LogP contribution in [0.15, 0.2) is 42.5 Å². The lowest BCUT2D eigenvalue weighted by Gasteiger charge is -2.29. The first-order chi connectivity index (χ1) is 16.3. The Hall–Kier alpha value is -3.95. The van der Waals surface area contributed by atoms with Crippen LogP contribution in [0.4, 0.5) is 17.5 Å². The predicted molar refractivity (Wildman–Crippen MR) is 130 cm³/mol. The van der Waals surface area contributed by atoms with Crippen molar-refractivity contribution in [2.45, 2.75) is 31.7 Å². The number of aromatic hydroxyl groups is 1. The highest BCUT2D eigenvalue weighted by molar-refractivity contribution is 5.97. The number of anilines is 2. The van der Waals surface area contributed by atoms with Gasteiger partial charge in [0.05, 0.1) is 16.0 Å². The number of benzene rings is 2. The molecule has 178 valence electrons. The van der Waals surface area contributed by atoms with Crippen molar-refractivity contribution >= 4 is 34.3 Å². The molecule has 0 saturated heterocycles. The van der Waals surface area contributed by atoms with Crippen molar-refractivity contribution in [3.05, 3.63) is 58.1 Å². The molecule has 10 heteroatoms. The number of nitrogens with one attached hydrogen (secondary N) is 2. The predicted octanol–water partition coefficient (Wildman–Crippen LogP) is 3.71. The molecule has 34 heavy (non-hydrogen) atoms. The van der Waals surface area contributed by atoms with E-state index in [-0.39, 0.29) is 29.0 Å². The van der Waals surface area contributed by atoms with E-state index in [1.54, 1.807) is 0 Å². The maximum atomic E-state index is 12.5. The Kier molecular flexibility index (Phi) is 6.76. The monoisotopic (exact) mass is 464 g/mol. The second kappa shape index (κ2) is 9.90. The zero-order valence-electron chi connectivity index (χ0n) is 19.2. The number of nitro groups is 1. The van der Waals surface area contributed by atoms with Crippen LogP contribution in [0.3, 0.4) is 0 Å². The third-order valence-electron chi connectivity index (χ3n) is 6.17. The van der Waals surface area contributed by atoms with Crippen LogP contribution >= 0.6 is 0 Å². The van der Waals surface area contributed by atoms with Crippen LogP contribution in [0, 0.1) is 16.0 Å². The molecule has 3 N–H and O–H groups in total. The molecule has 2 aromatic carbocycles. The van der Waals surface area contributed by atoms with E-state index < -0.39 is 10.8 Å². The Labute approximate surface area is 197 Å². The zero-order valence-corrected chi connectivity index (χ0v) is 19.2. The number of amides is 1. The van der Waals surface area contributed by atoms with Crippen molar-refractivity contribution in [2.24, 2.45) is 5.92 Å². The fourth-order valence-corrected chi connectivity index (χ4v) is 4.31. The Balaban J connectivity index is 1.32. The first-order valence-corrected chi connectivity index (χ1v) is 11.3. The number of phenolic OH excluding ortho intramolecular Hbond substituents is 1. The van der Waals surface area contributed by atoms with Gasteiger partial charge in [-0.05, 0) is 49.8 Å². The van der Waals surface area contributed by atoms with Crippen LogP contribution in [0.5, 0.6) is 5.75 Å². The molecular weight excluding hydrogens is 436 g/mol. The molecule has 0 bridgehead atoms. The normalized spacial score (nSPS) is 17.8. The molecule has 1 amide bonds. The van der Waals surface area contributed by atoms with E-state index in [9.17, 15) is 20.0 Å².